The molecule has 0 saturated heterocycles. The zero-order valence-electron chi connectivity index (χ0n) is 17.0. The standard InChI is InChI=1S/C24H24Cl2N2O2/c1-3-16(2)28(24(30)21-11-9-19(25)15-22(21)26)13-12-23(29)27-20-10-8-17-6-4-5-7-18(17)14-20/h4-11,14-16H,3,12-13H2,1-2H3,(H,27,29). The van der Waals surface area contributed by atoms with Crippen molar-refractivity contribution in [3.8, 4) is 0 Å². The minimum absolute atomic E-state index is 0.0299. The van der Waals surface area contributed by atoms with Gasteiger partial charge in [-0.3, -0.25) is 9.59 Å². The molecule has 0 aliphatic heterocycles. The maximum atomic E-state index is 13.1. The highest BCUT2D eigenvalue weighted by atomic mass is 35.5. The van der Waals surface area contributed by atoms with E-state index in [9.17, 15) is 9.59 Å². The van der Waals surface area contributed by atoms with Crippen LogP contribution < -0.4 is 5.32 Å². The normalized spacial score (nSPS) is 11.9. The molecule has 0 radical (unpaired) electrons. The molecule has 0 aromatic heterocycles. The molecule has 4 nitrogen and oxygen atoms in total. The summed E-state index contributed by atoms with van der Waals surface area (Å²) in [4.78, 5) is 27.3. The third kappa shape index (κ3) is 5.32. The summed E-state index contributed by atoms with van der Waals surface area (Å²) >= 11 is 12.2. The maximum Gasteiger partial charge on any atom is 0.255 e. The lowest BCUT2D eigenvalue weighted by Gasteiger charge is -2.29. The minimum atomic E-state index is -0.204. The molecule has 3 aromatic rings. The lowest BCUT2D eigenvalue weighted by atomic mass is 10.1. The van der Waals surface area contributed by atoms with E-state index in [0.717, 1.165) is 22.9 Å². The first-order valence-corrected chi connectivity index (χ1v) is 10.7. The van der Waals surface area contributed by atoms with Crippen LogP contribution in [-0.4, -0.2) is 29.3 Å². The van der Waals surface area contributed by atoms with E-state index in [1.807, 2.05) is 56.3 Å². The first-order chi connectivity index (χ1) is 14.4. The predicted molar refractivity (Wildman–Crippen MR) is 124 cm³/mol. The Balaban J connectivity index is 1.68. The van der Waals surface area contributed by atoms with Crippen LogP contribution in [0.15, 0.2) is 60.7 Å². The highest BCUT2D eigenvalue weighted by Crippen LogP contribution is 2.24. The molecule has 0 spiro atoms. The van der Waals surface area contributed by atoms with Crippen LogP contribution in [0.2, 0.25) is 10.0 Å². The van der Waals surface area contributed by atoms with Gasteiger partial charge < -0.3 is 10.2 Å². The van der Waals surface area contributed by atoms with Crippen molar-refractivity contribution < 1.29 is 9.59 Å². The number of halogens is 2. The number of rotatable bonds is 7. The Kier molecular flexibility index (Phi) is 7.35. The van der Waals surface area contributed by atoms with Crippen molar-refractivity contribution in [2.45, 2.75) is 32.7 Å². The van der Waals surface area contributed by atoms with Crippen molar-refractivity contribution in [3.63, 3.8) is 0 Å². The van der Waals surface area contributed by atoms with Crippen molar-refractivity contribution in [1.82, 2.24) is 4.90 Å². The molecular weight excluding hydrogens is 419 g/mol. The first kappa shape index (κ1) is 22.1. The largest absolute Gasteiger partial charge is 0.335 e. The summed E-state index contributed by atoms with van der Waals surface area (Å²) in [6.45, 7) is 4.26. The third-order valence-electron chi connectivity index (χ3n) is 5.16. The summed E-state index contributed by atoms with van der Waals surface area (Å²) in [5, 5.41) is 5.88. The monoisotopic (exact) mass is 442 g/mol. The van der Waals surface area contributed by atoms with Crippen LogP contribution in [0.5, 0.6) is 0 Å². The average molecular weight is 443 g/mol. The molecule has 0 heterocycles. The van der Waals surface area contributed by atoms with Gasteiger partial charge in [0, 0.05) is 29.7 Å². The van der Waals surface area contributed by atoms with Crippen molar-refractivity contribution in [3.05, 3.63) is 76.3 Å². The average Bonchev–Trinajstić information content (AvgIpc) is 2.73. The fourth-order valence-corrected chi connectivity index (χ4v) is 3.76. The van der Waals surface area contributed by atoms with Crippen molar-refractivity contribution in [1.29, 1.82) is 0 Å². The molecule has 30 heavy (non-hydrogen) atoms. The summed E-state index contributed by atoms with van der Waals surface area (Å²) in [5.41, 5.74) is 1.12. The lowest BCUT2D eigenvalue weighted by molar-refractivity contribution is -0.116. The van der Waals surface area contributed by atoms with Gasteiger partial charge in [-0.2, -0.15) is 0 Å². The Hall–Kier alpha value is -2.56. The van der Waals surface area contributed by atoms with Gasteiger partial charge in [-0.25, -0.2) is 0 Å². The van der Waals surface area contributed by atoms with Crippen molar-refractivity contribution >= 4 is 51.5 Å². The number of hydrogen-bond donors (Lipinski definition) is 1. The second-order valence-corrected chi connectivity index (χ2v) is 8.08. The molecule has 156 valence electrons. The first-order valence-electron chi connectivity index (χ1n) is 9.93. The molecular formula is C24H24Cl2N2O2. The van der Waals surface area contributed by atoms with Crippen LogP contribution in [0.25, 0.3) is 10.8 Å². The zero-order valence-corrected chi connectivity index (χ0v) is 18.5. The van der Waals surface area contributed by atoms with Crippen LogP contribution in [0.4, 0.5) is 5.69 Å². The van der Waals surface area contributed by atoms with E-state index in [-0.39, 0.29) is 24.3 Å². The number of anilines is 1. The molecule has 0 aliphatic rings. The number of nitrogens with one attached hydrogen (secondary N) is 1. The van der Waals surface area contributed by atoms with Crippen LogP contribution in [0, 0.1) is 0 Å². The van der Waals surface area contributed by atoms with Crippen molar-refractivity contribution in [2.24, 2.45) is 0 Å². The Bertz CT molecular complexity index is 1070. The molecule has 3 rings (SSSR count). The smallest absolute Gasteiger partial charge is 0.255 e. The summed E-state index contributed by atoms with van der Waals surface area (Å²) in [5.74, 6) is -0.349. The highest BCUT2D eigenvalue weighted by molar-refractivity contribution is 6.36. The van der Waals surface area contributed by atoms with E-state index in [1.54, 1.807) is 23.1 Å². The van der Waals surface area contributed by atoms with Gasteiger partial charge in [-0.05, 0) is 54.4 Å². The molecule has 0 fully saturated rings. The minimum Gasteiger partial charge on any atom is -0.335 e. The van der Waals surface area contributed by atoms with Crippen LogP contribution >= 0.6 is 23.2 Å². The number of fused-ring (bicyclic) bond motifs is 1. The molecule has 0 bridgehead atoms. The lowest BCUT2D eigenvalue weighted by Crippen LogP contribution is -2.40. The van der Waals surface area contributed by atoms with E-state index in [2.05, 4.69) is 5.32 Å². The summed E-state index contributed by atoms with van der Waals surface area (Å²) in [6.07, 6.45) is 0.956. The molecule has 6 heteroatoms. The Labute approximate surface area is 186 Å². The molecule has 1 unspecified atom stereocenters. The molecule has 3 aromatic carbocycles. The Morgan fingerprint density at radius 2 is 1.73 bits per heavy atom. The van der Waals surface area contributed by atoms with Gasteiger partial charge in [0.2, 0.25) is 5.91 Å². The van der Waals surface area contributed by atoms with Crippen molar-refractivity contribution in [2.75, 3.05) is 11.9 Å². The van der Waals surface area contributed by atoms with Gasteiger partial charge in [0.15, 0.2) is 0 Å². The second kappa shape index (κ2) is 9.96. The number of carbonyl (C=O) groups is 2. The summed E-state index contributed by atoms with van der Waals surface area (Å²) in [7, 11) is 0. The van der Waals surface area contributed by atoms with Gasteiger partial charge in [-0.15, -0.1) is 0 Å². The molecule has 1 N–H and O–H groups in total. The van der Waals surface area contributed by atoms with Gasteiger partial charge >= 0.3 is 0 Å². The summed E-state index contributed by atoms with van der Waals surface area (Å²) < 4.78 is 0. The quantitative estimate of drug-likeness (QED) is 0.458. The van der Waals surface area contributed by atoms with E-state index >= 15 is 0 Å². The maximum absolute atomic E-state index is 13.1. The number of benzene rings is 3. The Morgan fingerprint density at radius 3 is 2.43 bits per heavy atom. The van der Waals surface area contributed by atoms with Crippen LogP contribution in [0.1, 0.15) is 37.0 Å². The molecule has 2 amide bonds. The Morgan fingerprint density at radius 1 is 1.00 bits per heavy atom. The van der Waals surface area contributed by atoms with Gasteiger partial charge in [0.1, 0.15) is 0 Å². The molecule has 0 saturated carbocycles. The van der Waals surface area contributed by atoms with Crippen LogP contribution in [0.3, 0.4) is 0 Å². The molecule has 0 aliphatic carbocycles. The molecule has 1 atom stereocenters. The number of hydrogen-bond acceptors (Lipinski definition) is 2. The third-order valence-corrected chi connectivity index (χ3v) is 5.71. The van der Waals surface area contributed by atoms with Gasteiger partial charge in [0.25, 0.3) is 5.91 Å². The van der Waals surface area contributed by atoms with Gasteiger partial charge in [0.05, 0.1) is 10.6 Å². The predicted octanol–water partition coefficient (Wildman–Crippen LogP) is 6.42. The SMILES string of the molecule is CCC(C)N(CCC(=O)Nc1ccc2ccccc2c1)C(=O)c1ccc(Cl)cc1Cl. The van der Waals surface area contributed by atoms with E-state index < -0.39 is 0 Å². The fourth-order valence-electron chi connectivity index (χ4n) is 3.27. The number of amides is 2. The number of carbonyl (C=O) groups excluding carboxylic acids is 2. The van der Waals surface area contributed by atoms with E-state index in [0.29, 0.717) is 22.2 Å². The fraction of sp³-hybridized carbons (Fsp3) is 0.250. The van der Waals surface area contributed by atoms with Crippen LogP contribution in [-0.2, 0) is 4.79 Å². The number of nitrogens with zero attached hydrogens (tertiary/aromatic N) is 1. The summed E-state index contributed by atoms with van der Waals surface area (Å²) in [6, 6.07) is 18.6. The van der Waals surface area contributed by atoms with Gasteiger partial charge in [-0.1, -0.05) is 60.5 Å². The van der Waals surface area contributed by atoms with E-state index in [1.165, 1.54) is 0 Å². The second-order valence-electron chi connectivity index (χ2n) is 7.24. The zero-order chi connectivity index (χ0) is 21.7. The highest BCUT2D eigenvalue weighted by Gasteiger charge is 2.23. The topological polar surface area (TPSA) is 49.4 Å². The van der Waals surface area contributed by atoms with E-state index in [4.69, 9.17) is 23.2 Å².